The third kappa shape index (κ3) is 2.57. The van der Waals surface area contributed by atoms with Gasteiger partial charge in [-0.05, 0) is 43.1 Å². The van der Waals surface area contributed by atoms with E-state index in [1.165, 1.54) is 37.5 Å². The first kappa shape index (κ1) is 13.9. The number of fused-ring (bicyclic) bond motifs is 2. The van der Waals surface area contributed by atoms with Crippen LogP contribution in [0.2, 0.25) is 0 Å². The van der Waals surface area contributed by atoms with Crippen molar-refractivity contribution < 1.29 is 19.6 Å². The second kappa shape index (κ2) is 5.35. The van der Waals surface area contributed by atoms with Crippen molar-refractivity contribution in [1.29, 1.82) is 0 Å². The van der Waals surface area contributed by atoms with Gasteiger partial charge in [0.2, 0.25) is 0 Å². The van der Waals surface area contributed by atoms with E-state index in [4.69, 9.17) is 4.74 Å². The van der Waals surface area contributed by atoms with Gasteiger partial charge in [-0.3, -0.25) is 10.1 Å². The van der Waals surface area contributed by atoms with E-state index < -0.39 is 16.6 Å². The predicted molar refractivity (Wildman–Crippen MR) is 74.5 cm³/mol. The van der Waals surface area contributed by atoms with E-state index in [0.29, 0.717) is 18.4 Å². The number of aromatic carboxylic acids is 1. The Kier molecular flexibility index (Phi) is 3.53. The second-order valence-corrected chi connectivity index (χ2v) is 5.96. The van der Waals surface area contributed by atoms with Gasteiger partial charge in [0.15, 0.2) is 5.56 Å². The third-order valence-electron chi connectivity index (χ3n) is 4.75. The van der Waals surface area contributed by atoms with Crippen molar-refractivity contribution in [2.75, 3.05) is 6.61 Å². The summed E-state index contributed by atoms with van der Waals surface area (Å²) < 4.78 is 5.64. The van der Waals surface area contributed by atoms with Crippen molar-refractivity contribution >= 4 is 11.7 Å². The minimum Gasteiger partial charge on any atom is -0.492 e. The van der Waals surface area contributed by atoms with Crippen LogP contribution >= 0.6 is 0 Å². The summed E-state index contributed by atoms with van der Waals surface area (Å²) in [5.74, 6) is 0.670. The lowest BCUT2D eigenvalue weighted by atomic mass is 9.89. The van der Waals surface area contributed by atoms with Crippen molar-refractivity contribution in [3.63, 3.8) is 0 Å². The highest BCUT2D eigenvalue weighted by molar-refractivity contribution is 5.95. The quantitative estimate of drug-likeness (QED) is 0.665. The zero-order valence-electron chi connectivity index (χ0n) is 11.5. The summed E-state index contributed by atoms with van der Waals surface area (Å²) in [5.41, 5.74) is -0.779. The van der Waals surface area contributed by atoms with Crippen LogP contribution < -0.4 is 4.74 Å². The monoisotopic (exact) mass is 291 g/mol. The van der Waals surface area contributed by atoms with Gasteiger partial charge in [0.1, 0.15) is 5.75 Å². The molecule has 3 rings (SSSR count). The molecule has 0 saturated heterocycles. The average molecular weight is 291 g/mol. The van der Waals surface area contributed by atoms with Crippen LogP contribution in [0, 0.1) is 27.9 Å². The summed E-state index contributed by atoms with van der Waals surface area (Å²) >= 11 is 0. The maximum Gasteiger partial charge on any atom is 0.346 e. The Morgan fingerprint density at radius 2 is 2.19 bits per heavy atom. The number of nitrogens with zero attached hydrogens (tertiary/aromatic N) is 1. The van der Waals surface area contributed by atoms with Gasteiger partial charge in [0, 0.05) is 6.07 Å². The van der Waals surface area contributed by atoms with E-state index in [1.807, 2.05) is 0 Å². The minimum atomic E-state index is -1.33. The molecule has 0 heterocycles. The Labute approximate surface area is 121 Å². The van der Waals surface area contributed by atoms with Crippen molar-refractivity contribution in [2.24, 2.45) is 17.8 Å². The molecule has 0 radical (unpaired) electrons. The highest BCUT2D eigenvalue weighted by Gasteiger charge is 2.40. The lowest BCUT2D eigenvalue weighted by molar-refractivity contribution is -0.385. The molecule has 2 fully saturated rings. The molecule has 0 amide bonds. The Morgan fingerprint density at radius 1 is 1.38 bits per heavy atom. The minimum absolute atomic E-state index is 0.0967. The van der Waals surface area contributed by atoms with Crippen molar-refractivity contribution in [3.8, 4) is 5.75 Å². The molecule has 112 valence electrons. The maximum atomic E-state index is 11.3. The zero-order valence-corrected chi connectivity index (χ0v) is 11.5. The average Bonchev–Trinajstić information content (AvgIpc) is 3.06. The number of carboxylic acid groups (broad SMARTS) is 1. The SMILES string of the molecule is O=C(O)c1c(OCC2CC3CCC2C3)cccc1[N+](=O)[O-]. The zero-order chi connectivity index (χ0) is 15.0. The molecule has 6 nitrogen and oxygen atoms in total. The fourth-order valence-electron chi connectivity index (χ4n) is 3.78. The number of rotatable bonds is 5. The summed E-state index contributed by atoms with van der Waals surface area (Å²) in [6.07, 6.45) is 4.88. The van der Waals surface area contributed by atoms with Gasteiger partial charge in [-0.25, -0.2) is 4.79 Å². The van der Waals surface area contributed by atoms with E-state index in [-0.39, 0.29) is 11.3 Å². The predicted octanol–water partition coefficient (Wildman–Crippen LogP) is 3.11. The third-order valence-corrected chi connectivity index (χ3v) is 4.75. The molecule has 3 atom stereocenters. The van der Waals surface area contributed by atoms with Crippen molar-refractivity contribution in [3.05, 3.63) is 33.9 Å². The van der Waals surface area contributed by atoms with Crippen LogP contribution in [0.15, 0.2) is 18.2 Å². The molecular weight excluding hydrogens is 274 g/mol. The van der Waals surface area contributed by atoms with Gasteiger partial charge in [0.25, 0.3) is 5.69 Å². The topological polar surface area (TPSA) is 89.7 Å². The van der Waals surface area contributed by atoms with Crippen molar-refractivity contribution in [1.82, 2.24) is 0 Å². The highest BCUT2D eigenvalue weighted by atomic mass is 16.6. The molecule has 2 saturated carbocycles. The molecule has 2 aliphatic rings. The van der Waals surface area contributed by atoms with E-state index in [1.54, 1.807) is 0 Å². The van der Waals surface area contributed by atoms with Crippen LogP contribution in [-0.4, -0.2) is 22.6 Å². The molecule has 0 spiro atoms. The van der Waals surface area contributed by atoms with E-state index in [0.717, 1.165) is 12.3 Å². The normalized spacial score (nSPS) is 26.8. The lowest BCUT2D eigenvalue weighted by Crippen LogP contribution is -2.19. The second-order valence-electron chi connectivity index (χ2n) is 5.96. The fourth-order valence-corrected chi connectivity index (χ4v) is 3.78. The Balaban J connectivity index is 1.77. The Bertz CT molecular complexity index is 585. The van der Waals surface area contributed by atoms with Crippen LogP contribution in [0.5, 0.6) is 5.75 Å². The molecule has 2 bridgehead atoms. The largest absolute Gasteiger partial charge is 0.492 e. The summed E-state index contributed by atoms with van der Waals surface area (Å²) in [5, 5.41) is 20.1. The smallest absolute Gasteiger partial charge is 0.346 e. The maximum absolute atomic E-state index is 11.3. The number of hydrogen-bond acceptors (Lipinski definition) is 4. The Morgan fingerprint density at radius 3 is 2.76 bits per heavy atom. The lowest BCUT2D eigenvalue weighted by Gasteiger charge is -2.22. The highest BCUT2D eigenvalue weighted by Crippen LogP contribution is 2.48. The van der Waals surface area contributed by atoms with Gasteiger partial charge in [0.05, 0.1) is 11.5 Å². The van der Waals surface area contributed by atoms with Crippen LogP contribution in [-0.2, 0) is 0 Å². The number of carboxylic acids is 1. The number of nitro benzene ring substituents is 1. The molecule has 2 aliphatic carbocycles. The van der Waals surface area contributed by atoms with E-state index in [9.17, 15) is 20.0 Å². The van der Waals surface area contributed by atoms with Gasteiger partial charge in [-0.15, -0.1) is 0 Å². The van der Waals surface area contributed by atoms with Gasteiger partial charge in [-0.1, -0.05) is 12.5 Å². The molecule has 1 aromatic rings. The van der Waals surface area contributed by atoms with Gasteiger partial charge < -0.3 is 9.84 Å². The summed E-state index contributed by atoms with van der Waals surface area (Å²) in [7, 11) is 0. The van der Waals surface area contributed by atoms with Gasteiger partial charge >= 0.3 is 5.97 Å². The number of ether oxygens (including phenoxy) is 1. The standard InChI is InChI=1S/C15H17NO5/c17-15(18)14-12(16(19)20)2-1-3-13(14)21-8-11-7-9-4-5-10(11)6-9/h1-3,9-11H,4-8H2,(H,17,18). The fraction of sp³-hybridized carbons (Fsp3) is 0.533. The summed E-state index contributed by atoms with van der Waals surface area (Å²) in [6, 6.07) is 4.14. The molecular formula is C15H17NO5. The molecule has 21 heavy (non-hydrogen) atoms. The molecule has 1 aromatic carbocycles. The van der Waals surface area contributed by atoms with Crippen LogP contribution in [0.1, 0.15) is 36.0 Å². The van der Waals surface area contributed by atoms with Crippen LogP contribution in [0.25, 0.3) is 0 Å². The van der Waals surface area contributed by atoms with E-state index >= 15 is 0 Å². The molecule has 0 aromatic heterocycles. The van der Waals surface area contributed by atoms with E-state index in [2.05, 4.69) is 0 Å². The number of nitro groups is 1. The van der Waals surface area contributed by atoms with Crippen molar-refractivity contribution in [2.45, 2.75) is 25.7 Å². The first-order chi connectivity index (χ1) is 10.1. The molecule has 3 unspecified atom stereocenters. The number of benzene rings is 1. The molecule has 0 aliphatic heterocycles. The summed E-state index contributed by atoms with van der Waals surface area (Å²) in [6.45, 7) is 0.447. The summed E-state index contributed by atoms with van der Waals surface area (Å²) in [4.78, 5) is 21.5. The van der Waals surface area contributed by atoms with Crippen LogP contribution in [0.3, 0.4) is 0 Å². The Hall–Kier alpha value is -2.11. The molecule has 6 heteroatoms. The first-order valence-corrected chi connectivity index (χ1v) is 7.19. The van der Waals surface area contributed by atoms with Crippen LogP contribution in [0.4, 0.5) is 5.69 Å². The van der Waals surface area contributed by atoms with Gasteiger partial charge in [-0.2, -0.15) is 0 Å². The molecule has 1 N–H and O–H groups in total. The first-order valence-electron chi connectivity index (χ1n) is 7.19. The number of carbonyl (C=O) groups is 1. The number of hydrogen-bond donors (Lipinski definition) is 1.